The predicted molar refractivity (Wildman–Crippen MR) is 83.1 cm³/mol. The SMILES string of the molecule is CCn1cc(S(=O)(=O)Nc2nc3ccccc3s2)c(C)n1. The van der Waals surface area contributed by atoms with E-state index in [2.05, 4.69) is 14.8 Å². The number of hydrogen-bond donors (Lipinski definition) is 1. The number of hydrogen-bond acceptors (Lipinski definition) is 5. The van der Waals surface area contributed by atoms with Gasteiger partial charge in [-0.05, 0) is 26.0 Å². The highest BCUT2D eigenvalue weighted by Gasteiger charge is 2.21. The van der Waals surface area contributed by atoms with E-state index >= 15 is 0 Å². The van der Waals surface area contributed by atoms with Crippen LogP contribution in [-0.2, 0) is 16.6 Å². The lowest BCUT2D eigenvalue weighted by molar-refractivity contribution is 0.600. The van der Waals surface area contributed by atoms with E-state index in [0.29, 0.717) is 17.4 Å². The van der Waals surface area contributed by atoms with E-state index in [4.69, 9.17) is 0 Å². The Kier molecular flexibility index (Phi) is 3.42. The summed E-state index contributed by atoms with van der Waals surface area (Å²) in [4.78, 5) is 4.46. The Hall–Kier alpha value is -1.93. The monoisotopic (exact) mass is 322 g/mol. The lowest BCUT2D eigenvalue weighted by Crippen LogP contribution is -2.13. The van der Waals surface area contributed by atoms with Crippen molar-refractivity contribution in [3.63, 3.8) is 0 Å². The van der Waals surface area contributed by atoms with Crippen LogP contribution in [0.1, 0.15) is 12.6 Å². The Labute approximate surface area is 126 Å². The van der Waals surface area contributed by atoms with Gasteiger partial charge in [-0.1, -0.05) is 23.5 Å². The first-order valence-corrected chi connectivity index (χ1v) is 8.72. The molecule has 2 heterocycles. The molecule has 0 radical (unpaired) electrons. The number of aromatic nitrogens is 3. The average Bonchev–Trinajstić information content (AvgIpc) is 3.00. The Morgan fingerprint density at radius 2 is 2.10 bits per heavy atom. The van der Waals surface area contributed by atoms with Crippen molar-refractivity contribution in [3.05, 3.63) is 36.2 Å². The minimum absolute atomic E-state index is 0.184. The van der Waals surface area contributed by atoms with Crippen molar-refractivity contribution in [1.29, 1.82) is 0 Å². The van der Waals surface area contributed by atoms with Crippen molar-refractivity contribution in [3.8, 4) is 0 Å². The van der Waals surface area contributed by atoms with Gasteiger partial charge in [0.05, 0.1) is 15.9 Å². The number of nitrogens with zero attached hydrogens (tertiary/aromatic N) is 3. The van der Waals surface area contributed by atoms with Crippen LogP contribution in [0.25, 0.3) is 10.2 Å². The van der Waals surface area contributed by atoms with Crippen LogP contribution in [0.4, 0.5) is 5.13 Å². The first kappa shape index (κ1) is 14.0. The number of para-hydroxylation sites is 1. The van der Waals surface area contributed by atoms with Crippen LogP contribution >= 0.6 is 11.3 Å². The summed E-state index contributed by atoms with van der Waals surface area (Å²) in [6.07, 6.45) is 1.53. The van der Waals surface area contributed by atoms with Gasteiger partial charge in [0.1, 0.15) is 4.90 Å². The molecule has 0 aliphatic rings. The molecule has 2 aromatic heterocycles. The number of thiazole rings is 1. The Morgan fingerprint density at radius 3 is 2.76 bits per heavy atom. The molecule has 110 valence electrons. The molecule has 1 aromatic carbocycles. The van der Waals surface area contributed by atoms with Gasteiger partial charge in [0.15, 0.2) is 5.13 Å². The Bertz CT molecular complexity index is 863. The third kappa shape index (κ3) is 2.64. The summed E-state index contributed by atoms with van der Waals surface area (Å²) >= 11 is 1.31. The number of rotatable bonds is 4. The molecule has 0 fully saturated rings. The summed E-state index contributed by atoms with van der Waals surface area (Å²) in [5.41, 5.74) is 1.26. The van der Waals surface area contributed by atoms with Crippen LogP contribution in [0.2, 0.25) is 0 Å². The van der Waals surface area contributed by atoms with Gasteiger partial charge in [-0.3, -0.25) is 9.40 Å². The number of fused-ring (bicyclic) bond motifs is 1. The largest absolute Gasteiger partial charge is 0.271 e. The summed E-state index contributed by atoms with van der Waals surface area (Å²) in [7, 11) is -3.67. The summed E-state index contributed by atoms with van der Waals surface area (Å²) < 4.78 is 29.9. The van der Waals surface area contributed by atoms with E-state index in [-0.39, 0.29) is 4.90 Å². The fraction of sp³-hybridized carbons (Fsp3) is 0.231. The lowest BCUT2D eigenvalue weighted by Gasteiger charge is -2.02. The van der Waals surface area contributed by atoms with Crippen LogP contribution in [0.5, 0.6) is 0 Å². The van der Waals surface area contributed by atoms with Crippen LogP contribution in [0.3, 0.4) is 0 Å². The second-order valence-electron chi connectivity index (χ2n) is 4.53. The van der Waals surface area contributed by atoms with Crippen molar-refractivity contribution in [1.82, 2.24) is 14.8 Å². The number of sulfonamides is 1. The maximum Gasteiger partial charge on any atom is 0.267 e. The maximum atomic E-state index is 12.4. The molecule has 0 aliphatic heterocycles. The van der Waals surface area contributed by atoms with E-state index < -0.39 is 10.0 Å². The Morgan fingerprint density at radius 1 is 1.33 bits per heavy atom. The number of benzene rings is 1. The molecular weight excluding hydrogens is 308 g/mol. The van der Waals surface area contributed by atoms with Gasteiger partial charge in [0, 0.05) is 12.7 Å². The van der Waals surface area contributed by atoms with Gasteiger partial charge in [-0.2, -0.15) is 5.10 Å². The summed E-state index contributed by atoms with van der Waals surface area (Å²) in [5, 5.41) is 4.52. The molecule has 21 heavy (non-hydrogen) atoms. The smallest absolute Gasteiger partial charge is 0.267 e. The van der Waals surface area contributed by atoms with Gasteiger partial charge >= 0.3 is 0 Å². The minimum atomic E-state index is -3.67. The van der Waals surface area contributed by atoms with Crippen molar-refractivity contribution in [2.45, 2.75) is 25.3 Å². The van der Waals surface area contributed by atoms with Crippen molar-refractivity contribution >= 4 is 36.7 Å². The van der Waals surface area contributed by atoms with E-state index in [9.17, 15) is 8.42 Å². The molecule has 3 rings (SSSR count). The fourth-order valence-electron chi connectivity index (χ4n) is 2.01. The molecule has 1 N–H and O–H groups in total. The first-order chi connectivity index (χ1) is 9.99. The highest BCUT2D eigenvalue weighted by Crippen LogP contribution is 2.27. The number of anilines is 1. The molecule has 0 aliphatic carbocycles. The van der Waals surface area contributed by atoms with Crippen molar-refractivity contribution in [2.75, 3.05) is 4.72 Å². The predicted octanol–water partition coefficient (Wildman–Crippen LogP) is 2.62. The van der Waals surface area contributed by atoms with E-state index in [0.717, 1.165) is 10.2 Å². The van der Waals surface area contributed by atoms with Crippen LogP contribution in [0, 0.1) is 6.92 Å². The molecule has 0 bridgehead atoms. The van der Waals surface area contributed by atoms with Gasteiger partial charge in [0.2, 0.25) is 0 Å². The summed E-state index contributed by atoms with van der Waals surface area (Å²) in [6, 6.07) is 7.53. The molecule has 0 unspecified atom stereocenters. The highest BCUT2D eigenvalue weighted by atomic mass is 32.2. The minimum Gasteiger partial charge on any atom is -0.271 e. The molecule has 6 nitrogen and oxygen atoms in total. The molecular formula is C13H14N4O2S2. The quantitative estimate of drug-likeness (QED) is 0.801. The van der Waals surface area contributed by atoms with Gasteiger partial charge in [0.25, 0.3) is 10.0 Å². The maximum absolute atomic E-state index is 12.4. The van der Waals surface area contributed by atoms with Crippen molar-refractivity contribution in [2.24, 2.45) is 0 Å². The van der Waals surface area contributed by atoms with Crippen LogP contribution in [0.15, 0.2) is 35.4 Å². The zero-order valence-corrected chi connectivity index (χ0v) is 13.2. The van der Waals surface area contributed by atoms with Crippen LogP contribution in [-0.4, -0.2) is 23.2 Å². The van der Waals surface area contributed by atoms with Gasteiger partial charge in [-0.15, -0.1) is 0 Å². The number of nitrogens with one attached hydrogen (secondary N) is 1. The molecule has 0 amide bonds. The topological polar surface area (TPSA) is 76.9 Å². The summed E-state index contributed by atoms with van der Waals surface area (Å²) in [5.74, 6) is 0. The second kappa shape index (κ2) is 5.12. The second-order valence-corrected chi connectivity index (χ2v) is 7.21. The Balaban J connectivity index is 1.96. The zero-order valence-electron chi connectivity index (χ0n) is 11.6. The number of aryl methyl sites for hydroxylation is 2. The molecule has 0 atom stereocenters. The molecule has 8 heteroatoms. The first-order valence-electron chi connectivity index (χ1n) is 6.42. The van der Waals surface area contributed by atoms with Gasteiger partial charge < -0.3 is 0 Å². The van der Waals surface area contributed by atoms with E-state index in [1.54, 1.807) is 11.6 Å². The fourth-order valence-corrected chi connectivity index (χ4v) is 4.30. The van der Waals surface area contributed by atoms with E-state index in [1.807, 2.05) is 31.2 Å². The van der Waals surface area contributed by atoms with Gasteiger partial charge in [-0.25, -0.2) is 13.4 Å². The molecule has 3 aromatic rings. The zero-order chi connectivity index (χ0) is 15.0. The third-order valence-electron chi connectivity index (χ3n) is 3.03. The normalized spacial score (nSPS) is 11.9. The van der Waals surface area contributed by atoms with E-state index in [1.165, 1.54) is 17.5 Å². The molecule has 0 saturated heterocycles. The van der Waals surface area contributed by atoms with Crippen molar-refractivity contribution < 1.29 is 8.42 Å². The third-order valence-corrected chi connectivity index (χ3v) is 5.55. The summed E-state index contributed by atoms with van der Waals surface area (Å²) in [6.45, 7) is 4.21. The lowest BCUT2D eigenvalue weighted by atomic mass is 10.3. The molecule has 0 saturated carbocycles. The average molecular weight is 322 g/mol. The molecule has 0 spiro atoms. The highest BCUT2D eigenvalue weighted by molar-refractivity contribution is 7.93. The standard InChI is InChI=1S/C13H14N4O2S2/c1-3-17-8-12(9(2)15-17)21(18,19)16-13-14-10-6-4-5-7-11(10)20-13/h4-8H,3H2,1-2H3,(H,14,16). The van der Waals surface area contributed by atoms with Crippen LogP contribution < -0.4 is 4.72 Å².